The standard InChI is InChI=1S/C18H25FN2O3/c1-11(2)16(18(24)21-9-8-13(10-21)12(3)22)20-17(23)14-6-4-5-7-15(14)19/h4-7,11-13,16,22H,8-10H2,1-3H3,(H,20,23). The molecule has 0 spiro atoms. The summed E-state index contributed by atoms with van der Waals surface area (Å²) in [4.78, 5) is 26.7. The van der Waals surface area contributed by atoms with Gasteiger partial charge in [0.05, 0.1) is 11.7 Å². The molecule has 2 rings (SSSR count). The first-order valence-corrected chi connectivity index (χ1v) is 8.33. The van der Waals surface area contributed by atoms with Crippen LogP contribution in [0.4, 0.5) is 4.39 Å². The maximum Gasteiger partial charge on any atom is 0.254 e. The second-order valence-corrected chi connectivity index (χ2v) is 6.75. The second kappa shape index (κ2) is 7.75. The van der Waals surface area contributed by atoms with Crippen molar-refractivity contribution in [3.05, 3.63) is 35.6 Å². The van der Waals surface area contributed by atoms with Crippen LogP contribution >= 0.6 is 0 Å². The lowest BCUT2D eigenvalue weighted by atomic mass is 10.0. The summed E-state index contributed by atoms with van der Waals surface area (Å²) in [7, 11) is 0. The molecule has 1 heterocycles. The van der Waals surface area contributed by atoms with Gasteiger partial charge >= 0.3 is 0 Å². The molecular formula is C18H25FN2O3. The van der Waals surface area contributed by atoms with Gasteiger partial charge in [0.15, 0.2) is 0 Å². The van der Waals surface area contributed by atoms with Crippen molar-refractivity contribution < 1.29 is 19.1 Å². The van der Waals surface area contributed by atoms with Gasteiger partial charge in [0.25, 0.3) is 5.91 Å². The second-order valence-electron chi connectivity index (χ2n) is 6.75. The van der Waals surface area contributed by atoms with Gasteiger partial charge in [-0.3, -0.25) is 9.59 Å². The molecule has 2 amide bonds. The zero-order valence-corrected chi connectivity index (χ0v) is 14.3. The van der Waals surface area contributed by atoms with E-state index in [9.17, 15) is 19.1 Å². The minimum atomic E-state index is -0.718. The van der Waals surface area contributed by atoms with Crippen LogP contribution in [0.25, 0.3) is 0 Å². The topological polar surface area (TPSA) is 69.6 Å². The van der Waals surface area contributed by atoms with Crippen LogP contribution in [0.15, 0.2) is 24.3 Å². The van der Waals surface area contributed by atoms with Gasteiger partial charge in [0, 0.05) is 19.0 Å². The summed E-state index contributed by atoms with van der Waals surface area (Å²) in [5.74, 6) is -1.45. The number of carbonyl (C=O) groups excluding carboxylic acids is 2. The molecule has 24 heavy (non-hydrogen) atoms. The summed E-state index contributed by atoms with van der Waals surface area (Å²) in [6.45, 7) is 6.44. The third-order valence-corrected chi connectivity index (χ3v) is 4.56. The molecule has 1 aromatic rings. The number of likely N-dealkylation sites (tertiary alicyclic amines) is 1. The van der Waals surface area contributed by atoms with Crippen LogP contribution in [-0.4, -0.2) is 47.1 Å². The highest BCUT2D eigenvalue weighted by molar-refractivity contribution is 5.97. The van der Waals surface area contributed by atoms with Crippen LogP contribution in [0.2, 0.25) is 0 Å². The number of benzene rings is 1. The Kier molecular flexibility index (Phi) is 5.94. The van der Waals surface area contributed by atoms with Crippen molar-refractivity contribution >= 4 is 11.8 Å². The molecule has 1 aliphatic heterocycles. The average molecular weight is 336 g/mol. The fraction of sp³-hybridized carbons (Fsp3) is 0.556. The first kappa shape index (κ1) is 18.4. The lowest BCUT2D eigenvalue weighted by Gasteiger charge is -2.27. The SMILES string of the molecule is CC(C)C(NC(=O)c1ccccc1F)C(=O)N1CCC(C(C)O)C1. The summed E-state index contributed by atoms with van der Waals surface area (Å²) in [6, 6.07) is 4.99. The molecule has 2 N–H and O–H groups in total. The van der Waals surface area contributed by atoms with E-state index in [1.54, 1.807) is 17.9 Å². The number of aliphatic hydroxyl groups excluding tert-OH is 1. The summed E-state index contributed by atoms with van der Waals surface area (Å²) < 4.78 is 13.7. The summed E-state index contributed by atoms with van der Waals surface area (Å²) in [5.41, 5.74) is -0.0702. The van der Waals surface area contributed by atoms with Crippen molar-refractivity contribution in [1.29, 1.82) is 0 Å². The molecule has 132 valence electrons. The first-order valence-electron chi connectivity index (χ1n) is 8.33. The van der Waals surface area contributed by atoms with Gasteiger partial charge in [-0.1, -0.05) is 26.0 Å². The van der Waals surface area contributed by atoms with Crippen molar-refractivity contribution in [2.75, 3.05) is 13.1 Å². The molecule has 6 heteroatoms. The molecule has 0 bridgehead atoms. The Balaban J connectivity index is 2.08. The Morgan fingerprint density at radius 2 is 1.96 bits per heavy atom. The minimum Gasteiger partial charge on any atom is -0.393 e. The van der Waals surface area contributed by atoms with E-state index in [0.29, 0.717) is 13.1 Å². The number of nitrogens with zero attached hydrogens (tertiary/aromatic N) is 1. The number of aliphatic hydroxyl groups is 1. The molecule has 1 fully saturated rings. The van der Waals surface area contributed by atoms with E-state index in [4.69, 9.17) is 0 Å². The molecule has 0 saturated carbocycles. The van der Waals surface area contributed by atoms with Gasteiger partial charge in [0.1, 0.15) is 11.9 Å². The van der Waals surface area contributed by atoms with Crippen LogP contribution < -0.4 is 5.32 Å². The predicted molar refractivity (Wildman–Crippen MR) is 88.9 cm³/mol. The van der Waals surface area contributed by atoms with Gasteiger partial charge in [-0.05, 0) is 31.4 Å². The maximum absolute atomic E-state index is 13.7. The fourth-order valence-electron chi connectivity index (χ4n) is 2.96. The van der Waals surface area contributed by atoms with Crippen molar-refractivity contribution in [3.8, 4) is 0 Å². The smallest absolute Gasteiger partial charge is 0.254 e. The van der Waals surface area contributed by atoms with E-state index in [2.05, 4.69) is 5.32 Å². The summed E-state index contributed by atoms with van der Waals surface area (Å²) in [5, 5.41) is 12.3. The Labute approximate surface area is 141 Å². The van der Waals surface area contributed by atoms with Crippen LogP contribution in [0, 0.1) is 17.7 Å². The van der Waals surface area contributed by atoms with Gasteiger partial charge in [-0.2, -0.15) is 0 Å². The number of hydrogen-bond acceptors (Lipinski definition) is 3. The van der Waals surface area contributed by atoms with Crippen LogP contribution in [0.3, 0.4) is 0 Å². The number of nitrogens with one attached hydrogen (secondary N) is 1. The normalized spacial score (nSPS) is 20.1. The van der Waals surface area contributed by atoms with Crippen molar-refractivity contribution in [2.45, 2.75) is 39.3 Å². The molecule has 3 unspecified atom stereocenters. The van der Waals surface area contributed by atoms with Gasteiger partial charge in [0.2, 0.25) is 5.91 Å². The number of hydrogen-bond donors (Lipinski definition) is 2. The molecule has 0 aliphatic carbocycles. The van der Waals surface area contributed by atoms with Gasteiger partial charge in [-0.25, -0.2) is 4.39 Å². The lowest BCUT2D eigenvalue weighted by molar-refractivity contribution is -0.133. The summed E-state index contributed by atoms with van der Waals surface area (Å²) in [6.07, 6.45) is 0.281. The lowest BCUT2D eigenvalue weighted by Crippen LogP contribution is -2.51. The largest absolute Gasteiger partial charge is 0.393 e. The van der Waals surface area contributed by atoms with Crippen LogP contribution in [0.1, 0.15) is 37.6 Å². The van der Waals surface area contributed by atoms with E-state index in [1.807, 2.05) is 13.8 Å². The zero-order chi connectivity index (χ0) is 17.9. The Morgan fingerprint density at radius 3 is 2.50 bits per heavy atom. The average Bonchev–Trinajstić information content (AvgIpc) is 3.02. The van der Waals surface area contributed by atoms with Crippen molar-refractivity contribution in [2.24, 2.45) is 11.8 Å². The van der Waals surface area contributed by atoms with E-state index in [0.717, 1.165) is 6.42 Å². The molecule has 1 aliphatic rings. The molecule has 3 atom stereocenters. The highest BCUT2D eigenvalue weighted by atomic mass is 19.1. The molecular weight excluding hydrogens is 311 g/mol. The fourth-order valence-corrected chi connectivity index (χ4v) is 2.96. The first-order chi connectivity index (χ1) is 11.3. The van der Waals surface area contributed by atoms with Gasteiger partial charge in [-0.15, -0.1) is 0 Å². The summed E-state index contributed by atoms with van der Waals surface area (Å²) >= 11 is 0. The Hall–Kier alpha value is -1.95. The zero-order valence-electron chi connectivity index (χ0n) is 14.3. The Morgan fingerprint density at radius 1 is 1.29 bits per heavy atom. The molecule has 0 aromatic heterocycles. The van der Waals surface area contributed by atoms with E-state index < -0.39 is 23.9 Å². The number of carbonyl (C=O) groups is 2. The quantitative estimate of drug-likeness (QED) is 0.861. The highest BCUT2D eigenvalue weighted by Gasteiger charge is 2.34. The van der Waals surface area contributed by atoms with Crippen LogP contribution in [-0.2, 0) is 4.79 Å². The van der Waals surface area contributed by atoms with E-state index >= 15 is 0 Å². The minimum absolute atomic E-state index is 0.0593. The maximum atomic E-state index is 13.7. The third-order valence-electron chi connectivity index (χ3n) is 4.56. The van der Waals surface area contributed by atoms with Crippen molar-refractivity contribution in [3.63, 3.8) is 0 Å². The van der Waals surface area contributed by atoms with E-state index in [1.165, 1.54) is 18.2 Å². The Bertz CT molecular complexity index is 604. The predicted octanol–water partition coefficient (Wildman–Crippen LogP) is 1.81. The molecule has 5 nitrogen and oxygen atoms in total. The molecule has 0 radical (unpaired) electrons. The molecule has 1 aromatic carbocycles. The molecule has 1 saturated heterocycles. The third kappa shape index (κ3) is 4.12. The number of amides is 2. The van der Waals surface area contributed by atoms with E-state index in [-0.39, 0.29) is 23.3 Å². The number of rotatable bonds is 5. The number of halogens is 1. The van der Waals surface area contributed by atoms with Crippen LogP contribution in [0.5, 0.6) is 0 Å². The van der Waals surface area contributed by atoms with Crippen molar-refractivity contribution in [1.82, 2.24) is 10.2 Å². The highest BCUT2D eigenvalue weighted by Crippen LogP contribution is 2.21. The van der Waals surface area contributed by atoms with Gasteiger partial charge < -0.3 is 15.3 Å². The monoisotopic (exact) mass is 336 g/mol.